The minimum atomic E-state index is -0.0951. The molecule has 4 bridgehead atoms. The second kappa shape index (κ2) is 7.00. The molecule has 0 aromatic heterocycles. The number of amides is 2. The summed E-state index contributed by atoms with van der Waals surface area (Å²) in [6.45, 7) is 14.2. The summed E-state index contributed by atoms with van der Waals surface area (Å²) in [7, 11) is 0. The molecular weight excluding hydrogens is 350 g/mol. The predicted molar refractivity (Wildman–Crippen MR) is 111 cm³/mol. The molecule has 28 heavy (non-hydrogen) atoms. The molecule has 1 heterocycles. The maximum absolute atomic E-state index is 13.7. The third-order valence-electron chi connectivity index (χ3n) is 8.21. The highest BCUT2D eigenvalue weighted by molar-refractivity contribution is 5.84. The Balaban J connectivity index is 1.38. The van der Waals surface area contributed by atoms with Gasteiger partial charge in [0.05, 0.1) is 12.0 Å². The lowest BCUT2D eigenvalue weighted by Crippen LogP contribution is -2.62. The zero-order chi connectivity index (χ0) is 20.2. The fourth-order valence-corrected chi connectivity index (χ4v) is 8.00. The minimum Gasteiger partial charge on any atom is -0.342 e. The number of hydrogen-bond donors (Lipinski definition) is 0. The standard InChI is InChI=1S/C23H39N3O2/c1-5-25(6-2)19(27)14-24-7-9-26(10-8-24)20(28)23-13-18-11-21(3,16-23)15-22(4,12-18)17-23/h18H,5-17H2,1-4H3. The van der Waals surface area contributed by atoms with Crippen molar-refractivity contribution in [3.63, 3.8) is 0 Å². The molecule has 1 aliphatic heterocycles. The van der Waals surface area contributed by atoms with Gasteiger partial charge in [0, 0.05) is 39.3 Å². The van der Waals surface area contributed by atoms with E-state index in [-0.39, 0.29) is 11.3 Å². The van der Waals surface area contributed by atoms with Crippen LogP contribution in [0.3, 0.4) is 0 Å². The third kappa shape index (κ3) is 3.48. The van der Waals surface area contributed by atoms with Gasteiger partial charge in [0.2, 0.25) is 11.8 Å². The van der Waals surface area contributed by atoms with E-state index in [1.165, 1.54) is 19.3 Å². The number of hydrogen-bond acceptors (Lipinski definition) is 3. The van der Waals surface area contributed by atoms with Crippen molar-refractivity contribution in [3.05, 3.63) is 0 Å². The smallest absolute Gasteiger partial charge is 0.236 e. The lowest BCUT2D eigenvalue weighted by molar-refractivity contribution is -0.180. The van der Waals surface area contributed by atoms with Crippen LogP contribution in [0.25, 0.3) is 0 Å². The van der Waals surface area contributed by atoms with Gasteiger partial charge in [0.1, 0.15) is 0 Å². The minimum absolute atomic E-state index is 0.0951. The first kappa shape index (κ1) is 20.2. The van der Waals surface area contributed by atoms with Crippen LogP contribution in [0.15, 0.2) is 0 Å². The Morgan fingerprint density at radius 3 is 1.96 bits per heavy atom. The molecule has 4 aliphatic carbocycles. The molecule has 0 N–H and O–H groups in total. The van der Waals surface area contributed by atoms with Crippen LogP contribution in [-0.2, 0) is 9.59 Å². The average molecular weight is 390 g/mol. The molecule has 5 rings (SSSR count). The Labute approximate surface area is 170 Å². The van der Waals surface area contributed by atoms with Crippen LogP contribution in [0, 0.1) is 22.2 Å². The van der Waals surface area contributed by atoms with Crippen molar-refractivity contribution in [2.24, 2.45) is 22.2 Å². The van der Waals surface area contributed by atoms with E-state index in [4.69, 9.17) is 0 Å². The fraction of sp³-hybridized carbons (Fsp3) is 0.913. The van der Waals surface area contributed by atoms with Gasteiger partial charge in [0.25, 0.3) is 0 Å². The van der Waals surface area contributed by atoms with Crippen LogP contribution in [0.4, 0.5) is 0 Å². The molecule has 158 valence electrons. The summed E-state index contributed by atoms with van der Waals surface area (Å²) in [6.07, 6.45) is 7.30. The van der Waals surface area contributed by atoms with Gasteiger partial charge in [-0.3, -0.25) is 14.5 Å². The number of rotatable bonds is 5. The van der Waals surface area contributed by atoms with Crippen molar-refractivity contribution in [1.82, 2.24) is 14.7 Å². The number of carbonyl (C=O) groups is 2. The third-order valence-corrected chi connectivity index (χ3v) is 8.21. The second-order valence-electron chi connectivity index (χ2n) is 11.0. The van der Waals surface area contributed by atoms with Gasteiger partial charge < -0.3 is 9.80 Å². The van der Waals surface area contributed by atoms with Gasteiger partial charge in [0.15, 0.2) is 0 Å². The van der Waals surface area contributed by atoms with Gasteiger partial charge in [-0.05, 0) is 69.1 Å². The quantitative estimate of drug-likeness (QED) is 0.726. The molecular formula is C23H39N3O2. The Kier molecular flexibility index (Phi) is 5.05. The summed E-state index contributed by atoms with van der Waals surface area (Å²) >= 11 is 0. The predicted octanol–water partition coefficient (Wildman–Crippen LogP) is 3.00. The van der Waals surface area contributed by atoms with E-state index in [9.17, 15) is 9.59 Å². The fourth-order valence-electron chi connectivity index (χ4n) is 8.00. The zero-order valence-electron chi connectivity index (χ0n) is 18.4. The number of nitrogens with zero attached hydrogens (tertiary/aromatic N) is 3. The number of carbonyl (C=O) groups excluding carboxylic acids is 2. The summed E-state index contributed by atoms with van der Waals surface area (Å²) in [4.78, 5) is 32.4. The lowest BCUT2D eigenvalue weighted by Gasteiger charge is -2.65. The normalized spacial score (nSPS) is 40.0. The van der Waals surface area contributed by atoms with Crippen molar-refractivity contribution in [3.8, 4) is 0 Å². The van der Waals surface area contributed by atoms with Crippen LogP contribution < -0.4 is 0 Å². The molecule has 0 spiro atoms. The topological polar surface area (TPSA) is 43.9 Å². The van der Waals surface area contributed by atoms with E-state index >= 15 is 0 Å². The molecule has 5 aliphatic rings. The van der Waals surface area contributed by atoms with E-state index in [1.54, 1.807) is 0 Å². The highest BCUT2D eigenvalue weighted by atomic mass is 16.2. The molecule has 2 unspecified atom stereocenters. The summed E-state index contributed by atoms with van der Waals surface area (Å²) in [5.74, 6) is 1.40. The van der Waals surface area contributed by atoms with Crippen molar-refractivity contribution >= 4 is 11.8 Å². The number of likely N-dealkylation sites (N-methyl/N-ethyl adjacent to an activating group) is 1. The maximum Gasteiger partial charge on any atom is 0.236 e. The zero-order valence-corrected chi connectivity index (χ0v) is 18.4. The summed E-state index contributed by atoms with van der Waals surface area (Å²) in [5, 5.41) is 0. The Morgan fingerprint density at radius 1 is 0.893 bits per heavy atom. The van der Waals surface area contributed by atoms with Crippen molar-refractivity contribution in [1.29, 1.82) is 0 Å². The maximum atomic E-state index is 13.7. The van der Waals surface area contributed by atoms with Crippen LogP contribution >= 0.6 is 0 Å². The molecule has 5 heteroatoms. The van der Waals surface area contributed by atoms with E-state index in [0.29, 0.717) is 23.3 Å². The molecule has 5 nitrogen and oxygen atoms in total. The first-order chi connectivity index (χ1) is 13.2. The highest BCUT2D eigenvalue weighted by Crippen LogP contribution is 2.69. The lowest BCUT2D eigenvalue weighted by atomic mass is 9.40. The van der Waals surface area contributed by atoms with Gasteiger partial charge in [-0.2, -0.15) is 0 Å². The largest absolute Gasteiger partial charge is 0.342 e. The Bertz CT molecular complexity index is 618. The first-order valence-corrected chi connectivity index (χ1v) is 11.5. The van der Waals surface area contributed by atoms with Crippen LogP contribution in [-0.4, -0.2) is 72.3 Å². The Morgan fingerprint density at radius 2 is 1.46 bits per heavy atom. The average Bonchev–Trinajstić information content (AvgIpc) is 2.59. The van der Waals surface area contributed by atoms with Gasteiger partial charge in [-0.15, -0.1) is 0 Å². The molecule has 0 radical (unpaired) electrons. The van der Waals surface area contributed by atoms with Crippen LogP contribution in [0.5, 0.6) is 0 Å². The molecule has 1 saturated heterocycles. The molecule has 0 aromatic rings. The van der Waals surface area contributed by atoms with Gasteiger partial charge in [-0.1, -0.05) is 13.8 Å². The number of piperazine rings is 1. The highest BCUT2D eigenvalue weighted by Gasteiger charge is 2.63. The van der Waals surface area contributed by atoms with E-state index in [2.05, 4.69) is 23.6 Å². The Hall–Kier alpha value is -1.10. The van der Waals surface area contributed by atoms with Gasteiger partial charge >= 0.3 is 0 Å². The van der Waals surface area contributed by atoms with Crippen LogP contribution in [0.2, 0.25) is 0 Å². The van der Waals surface area contributed by atoms with Crippen LogP contribution in [0.1, 0.15) is 66.2 Å². The first-order valence-electron chi connectivity index (χ1n) is 11.5. The SMILES string of the molecule is CCN(CC)C(=O)CN1CCN(C(=O)C23CC4CC(C)(CC(C)(C4)C2)C3)CC1. The van der Waals surface area contributed by atoms with E-state index in [1.807, 2.05) is 18.7 Å². The summed E-state index contributed by atoms with van der Waals surface area (Å²) in [6, 6.07) is 0. The molecule has 4 saturated carbocycles. The van der Waals surface area contributed by atoms with E-state index in [0.717, 1.165) is 64.4 Å². The van der Waals surface area contributed by atoms with E-state index < -0.39 is 0 Å². The summed E-state index contributed by atoms with van der Waals surface area (Å²) < 4.78 is 0. The van der Waals surface area contributed by atoms with Crippen molar-refractivity contribution in [2.75, 3.05) is 45.8 Å². The summed E-state index contributed by atoms with van der Waals surface area (Å²) in [5.41, 5.74) is 0.659. The molecule has 0 aromatic carbocycles. The van der Waals surface area contributed by atoms with Gasteiger partial charge in [-0.25, -0.2) is 0 Å². The van der Waals surface area contributed by atoms with Crippen molar-refractivity contribution in [2.45, 2.75) is 66.2 Å². The second-order valence-corrected chi connectivity index (χ2v) is 11.0. The monoisotopic (exact) mass is 389 g/mol. The molecule has 2 amide bonds. The van der Waals surface area contributed by atoms with Crippen molar-refractivity contribution < 1.29 is 9.59 Å². The molecule has 2 atom stereocenters. The molecule has 5 fully saturated rings.